The van der Waals surface area contributed by atoms with Gasteiger partial charge in [-0.15, -0.1) is 0 Å². The number of rotatable bonds is 5. The molecule has 0 bridgehead atoms. The smallest absolute Gasteiger partial charge is 0.122 e. The van der Waals surface area contributed by atoms with E-state index in [1.54, 1.807) is 7.11 Å². The van der Waals surface area contributed by atoms with Crippen molar-refractivity contribution in [3.63, 3.8) is 0 Å². The topological polar surface area (TPSA) is 35.9 Å². The Bertz CT molecular complexity index is 582. The number of aryl methyl sites for hydroxylation is 1. The molecule has 2 unspecified atom stereocenters. The standard InChI is InChI=1S/C21H34N2O2/c1-15(2)18-11-17(16(3)10-21(18)25-4)12-22-13-19(20(24)14-22)23-8-6-5-7-9-23/h10-11,15,19-20,24H,5-9,12-14H2,1-4H3. The molecule has 2 atom stereocenters. The Kier molecular flexibility index (Phi) is 6.03. The number of hydrogen-bond donors (Lipinski definition) is 1. The fourth-order valence-corrected chi connectivity index (χ4v) is 4.37. The maximum absolute atomic E-state index is 10.6. The second kappa shape index (κ2) is 8.07. The quantitative estimate of drug-likeness (QED) is 0.888. The number of ether oxygens (including phenoxy) is 1. The molecule has 1 aromatic rings. The third-order valence-corrected chi connectivity index (χ3v) is 5.90. The normalized spacial score (nSPS) is 25.7. The van der Waals surface area contributed by atoms with Gasteiger partial charge in [-0.25, -0.2) is 0 Å². The summed E-state index contributed by atoms with van der Waals surface area (Å²) in [6.45, 7) is 11.6. The lowest BCUT2D eigenvalue weighted by Gasteiger charge is -2.33. The number of piperidine rings is 1. The van der Waals surface area contributed by atoms with E-state index in [1.807, 2.05) is 0 Å². The van der Waals surface area contributed by atoms with Gasteiger partial charge in [0.25, 0.3) is 0 Å². The largest absolute Gasteiger partial charge is 0.496 e. The van der Waals surface area contributed by atoms with Gasteiger partial charge >= 0.3 is 0 Å². The minimum atomic E-state index is -0.221. The minimum absolute atomic E-state index is 0.221. The molecule has 1 aromatic carbocycles. The van der Waals surface area contributed by atoms with Crippen molar-refractivity contribution in [3.05, 3.63) is 28.8 Å². The van der Waals surface area contributed by atoms with Crippen LogP contribution in [0.2, 0.25) is 0 Å². The molecule has 0 spiro atoms. The first kappa shape index (κ1) is 18.7. The van der Waals surface area contributed by atoms with E-state index in [1.165, 1.54) is 36.0 Å². The first-order chi connectivity index (χ1) is 12.0. The molecule has 2 aliphatic heterocycles. The lowest BCUT2D eigenvalue weighted by atomic mass is 9.96. The molecule has 3 rings (SSSR count). The highest BCUT2D eigenvalue weighted by molar-refractivity contribution is 5.44. The summed E-state index contributed by atoms with van der Waals surface area (Å²) in [6, 6.07) is 4.78. The maximum Gasteiger partial charge on any atom is 0.122 e. The van der Waals surface area contributed by atoms with Crippen LogP contribution in [0.1, 0.15) is 55.7 Å². The zero-order valence-electron chi connectivity index (χ0n) is 16.3. The molecule has 2 fully saturated rings. The van der Waals surface area contributed by atoms with Gasteiger partial charge in [0.05, 0.1) is 13.2 Å². The van der Waals surface area contributed by atoms with Gasteiger partial charge in [-0.3, -0.25) is 9.80 Å². The fourth-order valence-electron chi connectivity index (χ4n) is 4.37. The molecule has 25 heavy (non-hydrogen) atoms. The van der Waals surface area contributed by atoms with Gasteiger partial charge in [0, 0.05) is 25.7 Å². The average molecular weight is 347 g/mol. The van der Waals surface area contributed by atoms with Crippen molar-refractivity contribution in [3.8, 4) is 5.75 Å². The number of nitrogens with zero attached hydrogens (tertiary/aromatic N) is 2. The van der Waals surface area contributed by atoms with Gasteiger partial charge in [0.1, 0.15) is 5.75 Å². The third kappa shape index (κ3) is 4.18. The van der Waals surface area contributed by atoms with Crippen LogP contribution >= 0.6 is 0 Å². The van der Waals surface area contributed by atoms with Gasteiger partial charge in [-0.05, 0) is 61.5 Å². The lowest BCUT2D eigenvalue weighted by Crippen LogP contribution is -2.45. The van der Waals surface area contributed by atoms with Gasteiger partial charge in [-0.1, -0.05) is 26.3 Å². The van der Waals surface area contributed by atoms with E-state index in [-0.39, 0.29) is 6.10 Å². The summed E-state index contributed by atoms with van der Waals surface area (Å²) in [7, 11) is 1.75. The van der Waals surface area contributed by atoms with Crippen molar-refractivity contribution in [1.82, 2.24) is 9.80 Å². The van der Waals surface area contributed by atoms with Gasteiger partial charge in [0.2, 0.25) is 0 Å². The molecule has 0 aliphatic carbocycles. The number of benzene rings is 1. The zero-order valence-corrected chi connectivity index (χ0v) is 16.3. The molecule has 0 radical (unpaired) electrons. The summed E-state index contributed by atoms with van der Waals surface area (Å²) in [4.78, 5) is 4.93. The lowest BCUT2D eigenvalue weighted by molar-refractivity contribution is 0.0706. The molecule has 0 aromatic heterocycles. The molecule has 2 saturated heterocycles. The molecule has 4 nitrogen and oxygen atoms in total. The number of aliphatic hydroxyl groups excluding tert-OH is 1. The zero-order chi connectivity index (χ0) is 18.0. The molecule has 2 aliphatic rings. The van der Waals surface area contributed by atoms with Gasteiger partial charge in [-0.2, -0.15) is 0 Å². The van der Waals surface area contributed by atoms with E-state index in [2.05, 4.69) is 42.7 Å². The summed E-state index contributed by atoms with van der Waals surface area (Å²) >= 11 is 0. The van der Waals surface area contributed by atoms with Crippen LogP contribution in [-0.2, 0) is 6.54 Å². The highest BCUT2D eigenvalue weighted by atomic mass is 16.5. The van der Waals surface area contributed by atoms with E-state index in [0.717, 1.165) is 38.5 Å². The van der Waals surface area contributed by atoms with Crippen molar-refractivity contribution < 1.29 is 9.84 Å². The summed E-state index contributed by atoms with van der Waals surface area (Å²) in [6.07, 6.45) is 3.67. The van der Waals surface area contributed by atoms with Crippen LogP contribution in [0.5, 0.6) is 5.75 Å². The van der Waals surface area contributed by atoms with Gasteiger partial charge < -0.3 is 9.84 Å². The van der Waals surface area contributed by atoms with Crippen LogP contribution in [0, 0.1) is 6.92 Å². The molecular formula is C21H34N2O2. The SMILES string of the molecule is COc1cc(C)c(CN2CC(O)C(N3CCCCC3)C2)cc1C(C)C. The van der Waals surface area contributed by atoms with Crippen LogP contribution in [0.15, 0.2) is 12.1 Å². The maximum atomic E-state index is 10.6. The van der Waals surface area contributed by atoms with Crippen LogP contribution in [0.25, 0.3) is 0 Å². The highest BCUT2D eigenvalue weighted by Gasteiger charge is 2.35. The van der Waals surface area contributed by atoms with Crippen molar-refractivity contribution in [2.24, 2.45) is 0 Å². The Balaban J connectivity index is 1.71. The van der Waals surface area contributed by atoms with Crippen molar-refractivity contribution >= 4 is 0 Å². The van der Waals surface area contributed by atoms with Crippen LogP contribution in [-0.4, -0.2) is 60.3 Å². The fraction of sp³-hybridized carbons (Fsp3) is 0.714. The molecule has 0 saturated carbocycles. The molecule has 140 valence electrons. The Labute approximate surface area is 152 Å². The van der Waals surface area contributed by atoms with E-state index in [4.69, 9.17) is 4.74 Å². The average Bonchev–Trinajstić information content (AvgIpc) is 2.97. The predicted molar refractivity (Wildman–Crippen MR) is 102 cm³/mol. The summed E-state index contributed by atoms with van der Waals surface area (Å²) in [5.74, 6) is 1.43. The van der Waals surface area contributed by atoms with Crippen molar-refractivity contribution in [2.45, 2.75) is 64.6 Å². The second-order valence-electron chi connectivity index (χ2n) is 8.10. The number of hydrogen-bond acceptors (Lipinski definition) is 4. The number of likely N-dealkylation sites (tertiary alicyclic amines) is 2. The highest BCUT2D eigenvalue weighted by Crippen LogP contribution is 2.31. The Morgan fingerprint density at radius 3 is 2.52 bits per heavy atom. The summed E-state index contributed by atoms with van der Waals surface area (Å²) in [5.41, 5.74) is 3.91. The second-order valence-corrected chi connectivity index (χ2v) is 8.10. The Morgan fingerprint density at radius 1 is 1.16 bits per heavy atom. The monoisotopic (exact) mass is 346 g/mol. The van der Waals surface area contributed by atoms with Crippen LogP contribution in [0.3, 0.4) is 0 Å². The van der Waals surface area contributed by atoms with E-state index in [0.29, 0.717) is 12.0 Å². The van der Waals surface area contributed by atoms with E-state index >= 15 is 0 Å². The van der Waals surface area contributed by atoms with Crippen molar-refractivity contribution in [2.75, 3.05) is 33.3 Å². The number of β-amino-alcohol motifs (C(OH)–C–C–N with tert-alkyl or cyclic N) is 1. The molecular weight excluding hydrogens is 312 g/mol. The summed E-state index contributed by atoms with van der Waals surface area (Å²) in [5, 5.41) is 10.6. The molecule has 1 N–H and O–H groups in total. The molecule has 0 amide bonds. The first-order valence-electron chi connectivity index (χ1n) is 9.81. The Morgan fingerprint density at radius 2 is 1.88 bits per heavy atom. The summed E-state index contributed by atoms with van der Waals surface area (Å²) < 4.78 is 5.57. The number of aliphatic hydroxyl groups is 1. The molecule has 2 heterocycles. The first-order valence-corrected chi connectivity index (χ1v) is 9.81. The number of methoxy groups -OCH3 is 1. The minimum Gasteiger partial charge on any atom is -0.496 e. The van der Waals surface area contributed by atoms with Crippen LogP contribution < -0.4 is 4.74 Å². The predicted octanol–water partition coefficient (Wildman–Crippen LogP) is 3.16. The van der Waals surface area contributed by atoms with E-state index in [9.17, 15) is 5.11 Å². The van der Waals surface area contributed by atoms with E-state index < -0.39 is 0 Å². The third-order valence-electron chi connectivity index (χ3n) is 5.90. The molecule has 4 heteroatoms. The van der Waals surface area contributed by atoms with Crippen LogP contribution in [0.4, 0.5) is 0 Å². The van der Waals surface area contributed by atoms with Crippen molar-refractivity contribution in [1.29, 1.82) is 0 Å². The Hall–Kier alpha value is -1.10. The van der Waals surface area contributed by atoms with Gasteiger partial charge in [0.15, 0.2) is 0 Å².